The molecule has 2 N–H and O–H groups in total. The minimum Gasteiger partial charge on any atom is -0.504 e. The molecule has 0 saturated carbocycles. The zero-order valence-corrected chi connectivity index (χ0v) is 6.52. The Balaban J connectivity index is 2.74. The molecule has 0 amide bonds. The van der Waals surface area contributed by atoms with Crippen molar-refractivity contribution in [3.63, 3.8) is 0 Å². The lowest BCUT2D eigenvalue weighted by Crippen LogP contribution is -1.90. The van der Waals surface area contributed by atoms with Crippen LogP contribution in [0.4, 0.5) is 5.95 Å². The van der Waals surface area contributed by atoms with E-state index in [1.165, 1.54) is 4.52 Å². The van der Waals surface area contributed by atoms with Gasteiger partial charge in [0, 0.05) is 13.2 Å². The highest BCUT2D eigenvalue weighted by Crippen LogP contribution is 2.15. The van der Waals surface area contributed by atoms with Crippen LogP contribution in [-0.4, -0.2) is 26.8 Å². The number of nitrogens with one attached hydrogen (secondary N) is 1. The molecule has 2 aromatic heterocycles. The smallest absolute Gasteiger partial charge is 0.242 e. The van der Waals surface area contributed by atoms with Crippen molar-refractivity contribution >= 4 is 11.6 Å². The van der Waals surface area contributed by atoms with Crippen LogP contribution in [0.15, 0.2) is 18.3 Å². The molecule has 2 heterocycles. The first-order chi connectivity index (χ1) is 5.81. The van der Waals surface area contributed by atoms with Gasteiger partial charge in [0.25, 0.3) is 0 Å². The molecular weight excluding hydrogens is 156 g/mol. The monoisotopic (exact) mass is 164 g/mol. The van der Waals surface area contributed by atoms with E-state index >= 15 is 0 Å². The molecule has 0 aliphatic heterocycles. The highest BCUT2D eigenvalue weighted by molar-refractivity contribution is 5.54. The van der Waals surface area contributed by atoms with Crippen molar-refractivity contribution in [2.24, 2.45) is 0 Å². The van der Waals surface area contributed by atoms with Crippen LogP contribution < -0.4 is 5.32 Å². The Labute approximate surface area is 68.7 Å². The van der Waals surface area contributed by atoms with Gasteiger partial charge in [-0.3, -0.25) is 0 Å². The normalized spacial score (nSPS) is 10.4. The van der Waals surface area contributed by atoms with Gasteiger partial charge >= 0.3 is 0 Å². The van der Waals surface area contributed by atoms with Gasteiger partial charge < -0.3 is 10.4 Å². The number of hydrogen-bond acceptors (Lipinski definition) is 4. The Morgan fingerprint density at radius 3 is 3.08 bits per heavy atom. The molecule has 0 fully saturated rings. The average Bonchev–Trinajstić information content (AvgIpc) is 2.49. The molecule has 0 atom stereocenters. The Kier molecular flexibility index (Phi) is 1.36. The zero-order chi connectivity index (χ0) is 8.55. The van der Waals surface area contributed by atoms with Crippen LogP contribution in [0.2, 0.25) is 0 Å². The molecule has 0 radical (unpaired) electrons. The molecule has 0 aromatic carbocycles. The van der Waals surface area contributed by atoms with Gasteiger partial charge in [0.2, 0.25) is 5.95 Å². The van der Waals surface area contributed by atoms with Gasteiger partial charge in [0.1, 0.15) is 0 Å². The first-order valence-corrected chi connectivity index (χ1v) is 3.53. The summed E-state index contributed by atoms with van der Waals surface area (Å²) in [5.41, 5.74) is 0.460. The maximum Gasteiger partial charge on any atom is 0.242 e. The van der Waals surface area contributed by atoms with Crippen molar-refractivity contribution < 1.29 is 5.11 Å². The molecule has 0 unspecified atom stereocenters. The van der Waals surface area contributed by atoms with Crippen LogP contribution in [0, 0.1) is 0 Å². The molecule has 0 bridgehead atoms. The van der Waals surface area contributed by atoms with Crippen molar-refractivity contribution in [1.29, 1.82) is 0 Å². The third-order valence-electron chi connectivity index (χ3n) is 1.57. The van der Waals surface area contributed by atoms with E-state index in [4.69, 9.17) is 0 Å². The van der Waals surface area contributed by atoms with Gasteiger partial charge in [0.15, 0.2) is 11.4 Å². The van der Waals surface area contributed by atoms with E-state index in [-0.39, 0.29) is 5.75 Å². The molecule has 5 heteroatoms. The Bertz CT molecular complexity index is 409. The average molecular weight is 164 g/mol. The van der Waals surface area contributed by atoms with E-state index in [9.17, 15) is 5.11 Å². The molecule has 2 rings (SSSR count). The highest BCUT2D eigenvalue weighted by atomic mass is 16.3. The summed E-state index contributed by atoms with van der Waals surface area (Å²) >= 11 is 0. The molecule has 2 aromatic rings. The molecule has 0 aliphatic rings. The van der Waals surface area contributed by atoms with Gasteiger partial charge in [-0.2, -0.15) is 4.98 Å². The molecule has 0 spiro atoms. The number of pyridine rings is 1. The van der Waals surface area contributed by atoms with E-state index < -0.39 is 0 Å². The Hall–Kier alpha value is -1.78. The van der Waals surface area contributed by atoms with E-state index in [0.717, 1.165) is 0 Å². The SMILES string of the molecule is CNc1nc2c(O)cccn2n1. The zero-order valence-electron chi connectivity index (χ0n) is 6.52. The summed E-state index contributed by atoms with van der Waals surface area (Å²) in [6, 6.07) is 3.28. The second-order valence-corrected chi connectivity index (χ2v) is 2.35. The standard InChI is InChI=1S/C7H8N4O/c1-8-7-9-6-5(12)3-2-4-11(6)10-7/h2-4,12H,1H3,(H,8,10). The summed E-state index contributed by atoms with van der Waals surface area (Å²) in [4.78, 5) is 4.02. The molecular formula is C7H8N4O. The van der Waals surface area contributed by atoms with Crippen LogP contribution in [0.3, 0.4) is 0 Å². The number of aromatic nitrogens is 3. The summed E-state index contributed by atoms with van der Waals surface area (Å²) in [6.45, 7) is 0. The fraction of sp³-hybridized carbons (Fsp3) is 0.143. The van der Waals surface area contributed by atoms with Gasteiger partial charge in [-0.25, -0.2) is 4.52 Å². The number of fused-ring (bicyclic) bond motifs is 1. The predicted molar refractivity (Wildman–Crippen MR) is 44.2 cm³/mol. The van der Waals surface area contributed by atoms with Crippen LogP contribution >= 0.6 is 0 Å². The molecule has 5 nitrogen and oxygen atoms in total. The van der Waals surface area contributed by atoms with Crippen molar-refractivity contribution in [2.75, 3.05) is 12.4 Å². The summed E-state index contributed by atoms with van der Waals surface area (Å²) < 4.78 is 1.52. The number of aromatic hydroxyl groups is 1. The minimum atomic E-state index is 0.131. The maximum absolute atomic E-state index is 9.33. The quantitative estimate of drug-likeness (QED) is 0.643. The minimum absolute atomic E-state index is 0.131. The third-order valence-corrected chi connectivity index (χ3v) is 1.57. The second-order valence-electron chi connectivity index (χ2n) is 2.35. The third kappa shape index (κ3) is 0.868. The summed E-state index contributed by atoms with van der Waals surface area (Å²) in [5, 5.41) is 16.1. The van der Waals surface area contributed by atoms with Gasteiger partial charge in [0.05, 0.1) is 0 Å². The summed E-state index contributed by atoms with van der Waals surface area (Å²) in [6.07, 6.45) is 1.73. The van der Waals surface area contributed by atoms with Crippen LogP contribution in [0.25, 0.3) is 5.65 Å². The van der Waals surface area contributed by atoms with E-state index in [1.807, 2.05) is 0 Å². The second kappa shape index (κ2) is 2.37. The Morgan fingerprint density at radius 1 is 1.58 bits per heavy atom. The van der Waals surface area contributed by atoms with Gasteiger partial charge in [-0.05, 0) is 12.1 Å². The lowest BCUT2D eigenvalue weighted by Gasteiger charge is -1.90. The Morgan fingerprint density at radius 2 is 2.42 bits per heavy atom. The number of nitrogens with zero attached hydrogens (tertiary/aromatic N) is 3. The van der Waals surface area contributed by atoms with Crippen molar-refractivity contribution in [2.45, 2.75) is 0 Å². The largest absolute Gasteiger partial charge is 0.504 e. The predicted octanol–water partition coefficient (Wildman–Crippen LogP) is 0.477. The van der Waals surface area contributed by atoms with Crippen molar-refractivity contribution in [1.82, 2.24) is 14.6 Å². The fourth-order valence-corrected chi connectivity index (χ4v) is 0.998. The lowest BCUT2D eigenvalue weighted by molar-refractivity contribution is 0.477. The topological polar surface area (TPSA) is 62.5 Å². The summed E-state index contributed by atoms with van der Waals surface area (Å²) in [5.74, 6) is 0.628. The first-order valence-electron chi connectivity index (χ1n) is 3.53. The molecule has 62 valence electrons. The van der Waals surface area contributed by atoms with Gasteiger partial charge in [-0.1, -0.05) is 0 Å². The first kappa shape index (κ1) is 6.90. The van der Waals surface area contributed by atoms with E-state index in [0.29, 0.717) is 11.6 Å². The molecule has 12 heavy (non-hydrogen) atoms. The van der Waals surface area contributed by atoms with Crippen LogP contribution in [-0.2, 0) is 0 Å². The summed E-state index contributed by atoms with van der Waals surface area (Å²) in [7, 11) is 1.73. The van der Waals surface area contributed by atoms with Crippen molar-refractivity contribution in [3.05, 3.63) is 18.3 Å². The number of anilines is 1. The van der Waals surface area contributed by atoms with Crippen LogP contribution in [0.5, 0.6) is 5.75 Å². The maximum atomic E-state index is 9.33. The molecule has 0 saturated heterocycles. The lowest BCUT2D eigenvalue weighted by atomic mass is 10.4. The van der Waals surface area contributed by atoms with E-state index in [1.54, 1.807) is 25.4 Å². The number of rotatable bonds is 1. The highest BCUT2D eigenvalue weighted by Gasteiger charge is 2.03. The fourth-order valence-electron chi connectivity index (χ4n) is 0.998. The van der Waals surface area contributed by atoms with Crippen LogP contribution in [0.1, 0.15) is 0 Å². The van der Waals surface area contributed by atoms with Crippen molar-refractivity contribution in [3.8, 4) is 5.75 Å². The van der Waals surface area contributed by atoms with Gasteiger partial charge in [-0.15, -0.1) is 5.10 Å². The number of hydrogen-bond donors (Lipinski definition) is 2. The van der Waals surface area contributed by atoms with E-state index in [2.05, 4.69) is 15.4 Å². The molecule has 0 aliphatic carbocycles.